The van der Waals surface area contributed by atoms with Crippen LogP contribution in [-0.2, 0) is 6.54 Å². The summed E-state index contributed by atoms with van der Waals surface area (Å²) in [7, 11) is 0. The second-order valence-corrected chi connectivity index (χ2v) is 8.20. The molecule has 1 aliphatic rings. The zero-order valence-electron chi connectivity index (χ0n) is 16.8. The summed E-state index contributed by atoms with van der Waals surface area (Å²) in [6.07, 6.45) is 3.57. The van der Waals surface area contributed by atoms with Gasteiger partial charge < -0.3 is 9.94 Å². The monoisotopic (exact) mass is 371 g/mol. The summed E-state index contributed by atoms with van der Waals surface area (Å²) >= 11 is 0. The lowest BCUT2D eigenvalue weighted by molar-refractivity contribution is 0.0583. The third kappa shape index (κ3) is 3.57. The topological polar surface area (TPSA) is 76.7 Å². The van der Waals surface area contributed by atoms with Gasteiger partial charge in [0.2, 0.25) is 0 Å². The molecule has 1 aliphatic heterocycles. The molecule has 0 saturated carbocycles. The predicted octanol–water partition coefficient (Wildman–Crippen LogP) is 4.25. The van der Waals surface area contributed by atoms with Gasteiger partial charge in [-0.05, 0) is 57.6 Å². The average Bonchev–Trinajstić information content (AvgIpc) is 2.59. The van der Waals surface area contributed by atoms with Gasteiger partial charge in [-0.1, -0.05) is 13.8 Å². The number of nitrogens with zero attached hydrogens (tertiary/aromatic N) is 3. The Hall–Kier alpha value is -2.37. The van der Waals surface area contributed by atoms with E-state index in [1.54, 1.807) is 4.57 Å². The van der Waals surface area contributed by atoms with Gasteiger partial charge in [0.15, 0.2) is 0 Å². The Balaban J connectivity index is 2.30. The molecular formula is C21H29N3O3. The molecule has 2 atom stereocenters. The molecule has 3 heterocycles. The summed E-state index contributed by atoms with van der Waals surface area (Å²) < 4.78 is 8.17. The Bertz CT molecular complexity index is 932. The van der Waals surface area contributed by atoms with Crippen molar-refractivity contribution >= 4 is 17.2 Å². The molecule has 6 heteroatoms. The Morgan fingerprint density at radius 3 is 2.85 bits per heavy atom. The van der Waals surface area contributed by atoms with Crippen molar-refractivity contribution < 1.29 is 9.94 Å². The molecule has 0 bridgehead atoms. The van der Waals surface area contributed by atoms with E-state index < -0.39 is 5.60 Å². The summed E-state index contributed by atoms with van der Waals surface area (Å²) in [5.74, 6) is 1.21. The predicted molar refractivity (Wildman–Crippen MR) is 107 cm³/mol. The van der Waals surface area contributed by atoms with E-state index in [4.69, 9.17) is 9.94 Å². The first-order chi connectivity index (χ1) is 12.8. The normalized spacial score (nSPS) is 22.4. The van der Waals surface area contributed by atoms with Crippen molar-refractivity contribution in [1.82, 2.24) is 9.55 Å². The van der Waals surface area contributed by atoms with Crippen molar-refractivity contribution in [1.29, 1.82) is 0 Å². The molecule has 0 aliphatic carbocycles. The van der Waals surface area contributed by atoms with Gasteiger partial charge in [0, 0.05) is 24.9 Å². The highest BCUT2D eigenvalue weighted by Crippen LogP contribution is 2.46. The first-order valence-electron chi connectivity index (χ1n) is 9.68. The van der Waals surface area contributed by atoms with Gasteiger partial charge in [-0.25, -0.2) is 4.98 Å². The van der Waals surface area contributed by atoms with E-state index in [1.807, 2.05) is 32.9 Å². The first-order valence-corrected chi connectivity index (χ1v) is 9.68. The lowest BCUT2D eigenvalue weighted by Crippen LogP contribution is -2.42. The molecule has 0 saturated heterocycles. The zero-order valence-corrected chi connectivity index (χ0v) is 16.8. The van der Waals surface area contributed by atoms with Crippen LogP contribution in [0.4, 0.5) is 0 Å². The number of hydrogen-bond donors (Lipinski definition) is 1. The van der Waals surface area contributed by atoms with Crippen LogP contribution in [0.3, 0.4) is 0 Å². The number of fused-ring (bicyclic) bond motifs is 3. The van der Waals surface area contributed by atoms with E-state index in [0.29, 0.717) is 36.7 Å². The fourth-order valence-corrected chi connectivity index (χ4v) is 4.21. The van der Waals surface area contributed by atoms with Crippen LogP contribution < -0.4 is 10.3 Å². The van der Waals surface area contributed by atoms with Gasteiger partial charge in [0.1, 0.15) is 17.0 Å². The van der Waals surface area contributed by atoms with Crippen molar-refractivity contribution in [3.05, 3.63) is 33.7 Å². The van der Waals surface area contributed by atoms with Gasteiger partial charge in [0.25, 0.3) is 5.56 Å². The highest BCUT2D eigenvalue weighted by molar-refractivity contribution is 5.84. The molecule has 0 fully saturated rings. The van der Waals surface area contributed by atoms with Crippen LogP contribution in [-0.4, -0.2) is 26.6 Å². The minimum absolute atomic E-state index is 0.00150. The van der Waals surface area contributed by atoms with Gasteiger partial charge in [-0.15, -0.1) is 5.16 Å². The standard InChI is InChI=1S/C21H29N3O3/c1-6-24-19-16(8-7-14(4)23-19)18-17(20(24)25)15(11-13(2)3)12-21(5,27-18)9-10-22-26/h7-8,10,13,15,26H,6,9,11-12H2,1-5H3/b22-10+/t15-,21+/m1/s1. The van der Waals surface area contributed by atoms with Gasteiger partial charge in [-0.2, -0.15) is 0 Å². The maximum Gasteiger partial charge on any atom is 0.259 e. The Kier molecular flexibility index (Phi) is 5.27. The van der Waals surface area contributed by atoms with E-state index >= 15 is 0 Å². The quantitative estimate of drug-likeness (QED) is 0.484. The fraction of sp³-hybridized carbons (Fsp3) is 0.571. The minimum atomic E-state index is -0.526. The molecule has 146 valence electrons. The maximum atomic E-state index is 13.4. The Labute approximate surface area is 159 Å². The summed E-state index contributed by atoms with van der Waals surface area (Å²) in [6.45, 7) is 10.8. The molecule has 2 aromatic rings. The molecule has 3 rings (SSSR count). The van der Waals surface area contributed by atoms with Crippen molar-refractivity contribution in [2.24, 2.45) is 11.1 Å². The molecule has 0 radical (unpaired) electrons. The van der Waals surface area contributed by atoms with Crippen LogP contribution in [0.1, 0.15) is 64.1 Å². The van der Waals surface area contributed by atoms with Crippen LogP contribution in [0.25, 0.3) is 11.0 Å². The number of hydrogen-bond acceptors (Lipinski definition) is 5. The van der Waals surface area contributed by atoms with Crippen LogP contribution in [0.5, 0.6) is 5.75 Å². The third-order valence-electron chi connectivity index (χ3n) is 5.35. The SMILES string of the molecule is CCn1c(=O)c2c(c3ccc(C)nc31)O[C@@](C)(C/C=N/O)C[C@H]2CC(C)C. The Morgan fingerprint density at radius 1 is 1.48 bits per heavy atom. The molecule has 0 amide bonds. The fourth-order valence-electron chi connectivity index (χ4n) is 4.21. The van der Waals surface area contributed by atoms with Crippen LogP contribution in [0, 0.1) is 12.8 Å². The number of pyridine rings is 2. The van der Waals surface area contributed by atoms with Crippen molar-refractivity contribution in [3.8, 4) is 5.75 Å². The minimum Gasteiger partial charge on any atom is -0.486 e. The van der Waals surface area contributed by atoms with Crippen molar-refractivity contribution in [2.75, 3.05) is 0 Å². The Morgan fingerprint density at radius 2 is 2.22 bits per heavy atom. The molecule has 0 unspecified atom stereocenters. The zero-order chi connectivity index (χ0) is 19.8. The van der Waals surface area contributed by atoms with Gasteiger partial charge in [-0.3, -0.25) is 9.36 Å². The molecular weight excluding hydrogens is 342 g/mol. The van der Waals surface area contributed by atoms with Crippen LogP contribution >= 0.6 is 0 Å². The molecule has 27 heavy (non-hydrogen) atoms. The molecule has 2 aromatic heterocycles. The first kappa shape index (κ1) is 19.4. The molecule has 0 aromatic carbocycles. The number of aryl methyl sites for hydroxylation is 2. The molecule has 6 nitrogen and oxygen atoms in total. The highest BCUT2D eigenvalue weighted by Gasteiger charge is 2.40. The second kappa shape index (κ2) is 7.33. The van der Waals surface area contributed by atoms with Crippen LogP contribution in [0.15, 0.2) is 22.1 Å². The molecule has 0 spiro atoms. The van der Waals surface area contributed by atoms with E-state index in [1.165, 1.54) is 6.21 Å². The molecule has 1 N–H and O–H groups in total. The summed E-state index contributed by atoms with van der Waals surface area (Å²) in [5.41, 5.74) is 1.78. The van der Waals surface area contributed by atoms with Crippen molar-refractivity contribution in [3.63, 3.8) is 0 Å². The highest BCUT2D eigenvalue weighted by atomic mass is 16.5. The van der Waals surface area contributed by atoms with Crippen molar-refractivity contribution in [2.45, 2.75) is 71.9 Å². The smallest absolute Gasteiger partial charge is 0.259 e. The lowest BCUT2D eigenvalue weighted by atomic mass is 9.78. The average molecular weight is 371 g/mol. The number of ether oxygens (including phenoxy) is 1. The maximum absolute atomic E-state index is 13.4. The second-order valence-electron chi connectivity index (χ2n) is 8.20. The number of rotatable bonds is 5. The van der Waals surface area contributed by atoms with Crippen LogP contribution in [0.2, 0.25) is 0 Å². The van der Waals surface area contributed by atoms with E-state index in [-0.39, 0.29) is 11.5 Å². The van der Waals surface area contributed by atoms with E-state index in [9.17, 15) is 4.79 Å². The van der Waals surface area contributed by atoms with Gasteiger partial charge >= 0.3 is 0 Å². The van der Waals surface area contributed by atoms with E-state index in [0.717, 1.165) is 23.1 Å². The summed E-state index contributed by atoms with van der Waals surface area (Å²) in [5, 5.41) is 12.9. The summed E-state index contributed by atoms with van der Waals surface area (Å²) in [6, 6.07) is 3.95. The largest absolute Gasteiger partial charge is 0.486 e. The lowest BCUT2D eigenvalue weighted by Gasteiger charge is -2.40. The number of oxime groups is 1. The number of aromatic nitrogens is 2. The summed E-state index contributed by atoms with van der Waals surface area (Å²) in [4.78, 5) is 18.0. The van der Waals surface area contributed by atoms with E-state index in [2.05, 4.69) is 24.0 Å². The third-order valence-corrected chi connectivity index (χ3v) is 5.35. The van der Waals surface area contributed by atoms with Gasteiger partial charge in [0.05, 0.1) is 10.9 Å².